The minimum Gasteiger partial charge on any atom is -0.497 e. The minimum absolute atomic E-state index is 0.123. The van der Waals surface area contributed by atoms with Crippen molar-refractivity contribution in [3.63, 3.8) is 0 Å². The lowest BCUT2D eigenvalue weighted by Gasteiger charge is -2.15. The lowest BCUT2D eigenvalue weighted by atomic mass is 10.2. The Kier molecular flexibility index (Phi) is 7.00. The molecule has 0 unspecified atom stereocenters. The molecule has 0 aliphatic heterocycles. The van der Waals surface area contributed by atoms with Crippen molar-refractivity contribution in [2.45, 2.75) is 24.8 Å². The molecular formula is C19H23NO3S. The summed E-state index contributed by atoms with van der Waals surface area (Å²) in [6, 6.07) is 15.6. The van der Waals surface area contributed by atoms with Crippen LogP contribution in [0.15, 0.2) is 53.4 Å². The molecule has 0 fully saturated rings. The summed E-state index contributed by atoms with van der Waals surface area (Å²) in [7, 11) is 1.60. The van der Waals surface area contributed by atoms with Crippen LogP contribution in [0, 0.1) is 6.92 Å². The molecule has 2 aromatic carbocycles. The van der Waals surface area contributed by atoms with Crippen LogP contribution in [0.1, 0.15) is 12.5 Å². The van der Waals surface area contributed by atoms with E-state index >= 15 is 0 Å². The maximum absolute atomic E-state index is 12.1. The second-order valence-electron chi connectivity index (χ2n) is 5.39. The maximum atomic E-state index is 12.1. The second-order valence-corrected chi connectivity index (χ2v) is 6.56. The number of nitrogens with one attached hydrogen (secondary N) is 1. The van der Waals surface area contributed by atoms with Gasteiger partial charge in [0.15, 0.2) is 6.10 Å². The SMILES string of the molecule is COc1cccc(O[C@H](C)C(=O)NCCSc2ccc(C)cc2)c1. The van der Waals surface area contributed by atoms with Crippen molar-refractivity contribution in [2.75, 3.05) is 19.4 Å². The first-order chi connectivity index (χ1) is 11.6. The molecule has 0 bridgehead atoms. The molecule has 0 saturated carbocycles. The monoisotopic (exact) mass is 345 g/mol. The number of methoxy groups -OCH3 is 1. The highest BCUT2D eigenvalue weighted by atomic mass is 32.2. The Morgan fingerprint density at radius 2 is 1.88 bits per heavy atom. The summed E-state index contributed by atoms with van der Waals surface area (Å²) < 4.78 is 10.8. The van der Waals surface area contributed by atoms with E-state index in [4.69, 9.17) is 9.47 Å². The Bertz CT molecular complexity index is 658. The van der Waals surface area contributed by atoms with Gasteiger partial charge >= 0.3 is 0 Å². The number of ether oxygens (including phenoxy) is 2. The van der Waals surface area contributed by atoms with Gasteiger partial charge in [-0.3, -0.25) is 4.79 Å². The minimum atomic E-state index is -0.554. The van der Waals surface area contributed by atoms with Gasteiger partial charge in [-0.2, -0.15) is 0 Å². The smallest absolute Gasteiger partial charge is 0.260 e. The molecule has 5 heteroatoms. The Labute approximate surface area is 147 Å². The Morgan fingerprint density at radius 1 is 1.17 bits per heavy atom. The van der Waals surface area contributed by atoms with E-state index in [9.17, 15) is 4.79 Å². The second kappa shape index (κ2) is 9.23. The van der Waals surface area contributed by atoms with Gasteiger partial charge in [-0.25, -0.2) is 0 Å². The fourth-order valence-corrected chi connectivity index (χ4v) is 2.82. The lowest BCUT2D eigenvalue weighted by Crippen LogP contribution is -2.37. The molecule has 0 saturated heterocycles. The molecule has 1 atom stereocenters. The van der Waals surface area contributed by atoms with E-state index in [0.29, 0.717) is 18.0 Å². The first-order valence-corrected chi connectivity index (χ1v) is 8.85. The van der Waals surface area contributed by atoms with Gasteiger partial charge in [-0.05, 0) is 38.1 Å². The molecule has 24 heavy (non-hydrogen) atoms. The molecule has 0 aliphatic rings. The molecule has 1 amide bonds. The summed E-state index contributed by atoms with van der Waals surface area (Å²) in [6.07, 6.45) is -0.554. The number of rotatable bonds is 8. The van der Waals surface area contributed by atoms with Crippen LogP contribution in [0.25, 0.3) is 0 Å². The fraction of sp³-hybridized carbons (Fsp3) is 0.316. The summed E-state index contributed by atoms with van der Waals surface area (Å²) >= 11 is 1.72. The van der Waals surface area contributed by atoms with Crippen LogP contribution in [-0.4, -0.2) is 31.4 Å². The predicted octanol–water partition coefficient (Wildman–Crippen LogP) is 3.68. The van der Waals surface area contributed by atoms with Crippen molar-refractivity contribution in [3.8, 4) is 11.5 Å². The summed E-state index contributed by atoms with van der Waals surface area (Å²) in [6.45, 7) is 4.41. The predicted molar refractivity (Wildman–Crippen MR) is 98.0 cm³/mol. The largest absolute Gasteiger partial charge is 0.497 e. The topological polar surface area (TPSA) is 47.6 Å². The average molecular weight is 345 g/mol. The summed E-state index contributed by atoms with van der Waals surface area (Å²) in [5.41, 5.74) is 1.25. The first kappa shape index (κ1) is 18.2. The molecule has 0 aromatic heterocycles. The van der Waals surface area contributed by atoms with Crippen molar-refractivity contribution in [1.82, 2.24) is 5.32 Å². The van der Waals surface area contributed by atoms with Gasteiger partial charge in [0, 0.05) is 23.3 Å². The first-order valence-electron chi connectivity index (χ1n) is 7.86. The van der Waals surface area contributed by atoms with Gasteiger partial charge in [-0.1, -0.05) is 23.8 Å². The third-order valence-corrected chi connectivity index (χ3v) is 4.43. The lowest BCUT2D eigenvalue weighted by molar-refractivity contribution is -0.127. The van der Waals surface area contributed by atoms with Gasteiger partial charge in [0.1, 0.15) is 11.5 Å². The summed E-state index contributed by atoms with van der Waals surface area (Å²) in [4.78, 5) is 13.3. The molecular weight excluding hydrogens is 322 g/mol. The van der Waals surface area contributed by atoms with Crippen LogP contribution in [0.2, 0.25) is 0 Å². The summed E-state index contributed by atoms with van der Waals surface area (Å²) in [5, 5.41) is 2.90. The number of amides is 1. The zero-order valence-corrected chi connectivity index (χ0v) is 15.1. The van der Waals surface area contributed by atoms with Crippen LogP contribution in [0.3, 0.4) is 0 Å². The van der Waals surface area contributed by atoms with Gasteiger partial charge in [0.2, 0.25) is 0 Å². The fourth-order valence-electron chi connectivity index (χ4n) is 2.05. The number of carbonyl (C=O) groups is 1. The van der Waals surface area contributed by atoms with E-state index in [-0.39, 0.29) is 5.91 Å². The summed E-state index contributed by atoms with van der Waals surface area (Å²) in [5.74, 6) is 2.02. The molecule has 0 spiro atoms. The molecule has 0 radical (unpaired) electrons. The molecule has 2 aromatic rings. The Balaban J connectivity index is 1.72. The standard InChI is InChI=1S/C19H23NO3S/c1-14-7-9-18(10-8-14)24-12-11-20-19(21)15(2)23-17-6-4-5-16(13-17)22-3/h4-10,13,15H,11-12H2,1-3H3,(H,20,21)/t15-/m1/s1. The highest BCUT2D eigenvalue weighted by molar-refractivity contribution is 7.99. The normalized spacial score (nSPS) is 11.6. The molecule has 0 heterocycles. The highest BCUT2D eigenvalue weighted by Gasteiger charge is 2.14. The molecule has 1 N–H and O–H groups in total. The zero-order valence-electron chi connectivity index (χ0n) is 14.2. The van der Waals surface area contributed by atoms with E-state index in [0.717, 1.165) is 5.75 Å². The average Bonchev–Trinajstić information content (AvgIpc) is 2.60. The molecule has 128 valence electrons. The molecule has 4 nitrogen and oxygen atoms in total. The molecule has 0 aliphatic carbocycles. The van der Waals surface area contributed by atoms with E-state index in [1.54, 1.807) is 37.9 Å². The van der Waals surface area contributed by atoms with Gasteiger partial charge < -0.3 is 14.8 Å². The maximum Gasteiger partial charge on any atom is 0.260 e. The number of carbonyl (C=O) groups excluding carboxylic acids is 1. The quantitative estimate of drug-likeness (QED) is 0.586. The van der Waals surface area contributed by atoms with Gasteiger partial charge in [-0.15, -0.1) is 11.8 Å². The Morgan fingerprint density at radius 3 is 2.58 bits per heavy atom. The van der Waals surface area contributed by atoms with E-state index in [1.807, 2.05) is 12.1 Å². The van der Waals surface area contributed by atoms with Crippen LogP contribution in [0.5, 0.6) is 11.5 Å². The van der Waals surface area contributed by atoms with Crippen LogP contribution >= 0.6 is 11.8 Å². The van der Waals surface area contributed by atoms with E-state index < -0.39 is 6.10 Å². The van der Waals surface area contributed by atoms with Crippen LogP contribution in [0.4, 0.5) is 0 Å². The molecule has 2 rings (SSSR count). The van der Waals surface area contributed by atoms with Crippen LogP contribution < -0.4 is 14.8 Å². The van der Waals surface area contributed by atoms with Crippen LogP contribution in [-0.2, 0) is 4.79 Å². The number of hydrogen-bond donors (Lipinski definition) is 1. The number of aryl methyl sites for hydroxylation is 1. The van der Waals surface area contributed by atoms with E-state index in [1.165, 1.54) is 10.5 Å². The zero-order chi connectivity index (χ0) is 17.4. The Hall–Kier alpha value is -2.14. The van der Waals surface area contributed by atoms with Gasteiger partial charge in [0.25, 0.3) is 5.91 Å². The van der Waals surface area contributed by atoms with Gasteiger partial charge in [0.05, 0.1) is 7.11 Å². The highest BCUT2D eigenvalue weighted by Crippen LogP contribution is 2.20. The number of thioether (sulfide) groups is 1. The van der Waals surface area contributed by atoms with Crippen molar-refractivity contribution in [2.24, 2.45) is 0 Å². The van der Waals surface area contributed by atoms with Crippen molar-refractivity contribution >= 4 is 17.7 Å². The third-order valence-electron chi connectivity index (χ3n) is 3.41. The van der Waals surface area contributed by atoms with Crippen molar-refractivity contribution < 1.29 is 14.3 Å². The van der Waals surface area contributed by atoms with Crippen molar-refractivity contribution in [1.29, 1.82) is 0 Å². The van der Waals surface area contributed by atoms with Crippen molar-refractivity contribution in [3.05, 3.63) is 54.1 Å². The van der Waals surface area contributed by atoms with E-state index in [2.05, 4.69) is 36.5 Å². The number of hydrogen-bond acceptors (Lipinski definition) is 4. The number of benzene rings is 2. The third kappa shape index (κ3) is 5.81.